The molecule has 1 atom stereocenters. The number of hydrogen-bond donors (Lipinski definition) is 1. The molecule has 37 heavy (non-hydrogen) atoms. The van der Waals surface area contributed by atoms with E-state index in [4.69, 9.17) is 0 Å². The topological polar surface area (TPSA) is 73.0 Å². The number of anilines is 1. The first-order valence-corrected chi connectivity index (χ1v) is 12.9. The number of amides is 3. The van der Waals surface area contributed by atoms with E-state index < -0.39 is 12.0 Å². The summed E-state index contributed by atoms with van der Waals surface area (Å²) in [5.74, 6) is -1.06. The van der Waals surface area contributed by atoms with Crippen molar-refractivity contribution < 1.29 is 14.4 Å². The number of benzene rings is 3. The zero-order chi connectivity index (χ0) is 25.6. The summed E-state index contributed by atoms with van der Waals surface area (Å²) < 4.78 is 0. The minimum atomic E-state index is -0.823. The second kappa shape index (κ2) is 11.3. The molecule has 2 aliphatic heterocycles. The Bertz CT molecular complexity index is 1170. The second-order valence-corrected chi connectivity index (χ2v) is 9.50. The lowest BCUT2D eigenvalue weighted by Gasteiger charge is -2.39. The van der Waals surface area contributed by atoms with Crippen molar-refractivity contribution in [1.82, 2.24) is 15.1 Å². The van der Waals surface area contributed by atoms with Gasteiger partial charge in [-0.05, 0) is 23.3 Å². The standard InChI is InChI=1S/C30H32N4O3/c35-27(33-20-18-32(19-21-33)25-14-8-3-9-15-25)22-26-29(36)31-16-17-34(26)30(37)28(23-10-4-1-5-11-23)24-12-6-2-7-13-24/h1-15,26,28H,16-22H2,(H,31,36)/t26-/m0/s1. The lowest BCUT2D eigenvalue weighted by Crippen LogP contribution is -2.60. The molecule has 0 unspecified atom stereocenters. The Hall–Kier alpha value is -4.13. The Kier molecular flexibility index (Phi) is 7.49. The molecular formula is C30H32N4O3. The number of piperazine rings is 2. The van der Waals surface area contributed by atoms with Crippen LogP contribution < -0.4 is 10.2 Å². The van der Waals surface area contributed by atoms with E-state index in [1.807, 2.05) is 83.8 Å². The van der Waals surface area contributed by atoms with Crippen molar-refractivity contribution in [3.63, 3.8) is 0 Å². The molecule has 0 aromatic heterocycles. The summed E-state index contributed by atoms with van der Waals surface area (Å²) in [6, 6.07) is 28.6. The third-order valence-electron chi connectivity index (χ3n) is 7.25. The zero-order valence-corrected chi connectivity index (χ0v) is 20.8. The van der Waals surface area contributed by atoms with Crippen molar-refractivity contribution in [1.29, 1.82) is 0 Å². The minimum Gasteiger partial charge on any atom is -0.368 e. The van der Waals surface area contributed by atoms with Gasteiger partial charge in [-0.15, -0.1) is 0 Å². The molecule has 0 bridgehead atoms. The summed E-state index contributed by atoms with van der Waals surface area (Å²) in [5.41, 5.74) is 2.88. The van der Waals surface area contributed by atoms with E-state index in [1.54, 1.807) is 4.90 Å². The van der Waals surface area contributed by atoms with Crippen molar-refractivity contribution in [2.75, 3.05) is 44.2 Å². The third kappa shape index (κ3) is 5.50. The second-order valence-electron chi connectivity index (χ2n) is 9.50. The summed E-state index contributed by atoms with van der Waals surface area (Å²) in [6.45, 7) is 3.40. The first-order chi connectivity index (χ1) is 18.1. The van der Waals surface area contributed by atoms with Crippen molar-refractivity contribution in [2.45, 2.75) is 18.4 Å². The van der Waals surface area contributed by atoms with Crippen LogP contribution >= 0.6 is 0 Å². The van der Waals surface area contributed by atoms with Gasteiger partial charge in [0.1, 0.15) is 6.04 Å². The molecule has 2 aliphatic rings. The molecule has 0 spiro atoms. The van der Waals surface area contributed by atoms with E-state index in [0.717, 1.165) is 29.9 Å². The van der Waals surface area contributed by atoms with Gasteiger partial charge in [-0.3, -0.25) is 14.4 Å². The van der Waals surface area contributed by atoms with Crippen LogP contribution in [0, 0.1) is 0 Å². The molecule has 0 radical (unpaired) electrons. The van der Waals surface area contributed by atoms with Crippen LogP contribution in [0.1, 0.15) is 23.5 Å². The predicted molar refractivity (Wildman–Crippen MR) is 143 cm³/mol. The number of nitrogens with zero attached hydrogens (tertiary/aromatic N) is 3. The monoisotopic (exact) mass is 496 g/mol. The number of rotatable bonds is 6. The first-order valence-electron chi connectivity index (χ1n) is 12.9. The van der Waals surface area contributed by atoms with Crippen molar-refractivity contribution in [3.8, 4) is 0 Å². The molecule has 3 amide bonds. The summed E-state index contributed by atoms with van der Waals surface area (Å²) in [4.78, 5) is 46.0. The summed E-state index contributed by atoms with van der Waals surface area (Å²) in [6.07, 6.45) is -0.0147. The van der Waals surface area contributed by atoms with E-state index >= 15 is 0 Å². The summed E-state index contributed by atoms with van der Waals surface area (Å²) in [7, 11) is 0. The smallest absolute Gasteiger partial charge is 0.243 e. The maximum atomic E-state index is 14.0. The lowest BCUT2D eigenvalue weighted by molar-refractivity contribution is -0.147. The molecule has 2 fully saturated rings. The van der Waals surface area contributed by atoms with Gasteiger partial charge in [-0.2, -0.15) is 0 Å². The van der Waals surface area contributed by atoms with Crippen molar-refractivity contribution in [3.05, 3.63) is 102 Å². The average Bonchev–Trinajstić information content (AvgIpc) is 2.96. The fraction of sp³-hybridized carbons (Fsp3) is 0.300. The molecule has 3 aromatic carbocycles. The molecule has 7 heteroatoms. The van der Waals surface area contributed by atoms with Gasteiger partial charge in [0, 0.05) is 45.0 Å². The van der Waals surface area contributed by atoms with Crippen LogP contribution in [0.3, 0.4) is 0 Å². The van der Waals surface area contributed by atoms with E-state index in [-0.39, 0.29) is 24.1 Å². The van der Waals surface area contributed by atoms with Gasteiger partial charge < -0.3 is 20.0 Å². The average molecular weight is 497 g/mol. The Labute approximate surface area is 217 Å². The fourth-order valence-corrected chi connectivity index (χ4v) is 5.26. The number of hydrogen-bond acceptors (Lipinski definition) is 4. The highest BCUT2D eigenvalue weighted by molar-refractivity contribution is 5.96. The molecule has 5 rings (SSSR count). The zero-order valence-electron chi connectivity index (χ0n) is 20.8. The van der Waals surface area contributed by atoms with Crippen LogP contribution in [-0.2, 0) is 14.4 Å². The van der Waals surface area contributed by atoms with Gasteiger partial charge >= 0.3 is 0 Å². The number of nitrogens with one attached hydrogen (secondary N) is 1. The van der Waals surface area contributed by atoms with E-state index in [2.05, 4.69) is 22.3 Å². The van der Waals surface area contributed by atoms with Crippen LogP contribution in [-0.4, -0.2) is 72.8 Å². The fourth-order valence-electron chi connectivity index (χ4n) is 5.26. The van der Waals surface area contributed by atoms with Crippen LogP contribution in [0.2, 0.25) is 0 Å². The Morgan fingerprint density at radius 2 is 1.30 bits per heavy atom. The summed E-state index contributed by atoms with van der Waals surface area (Å²) in [5, 5.41) is 2.86. The summed E-state index contributed by atoms with van der Waals surface area (Å²) >= 11 is 0. The number of carbonyl (C=O) groups excluding carboxylic acids is 3. The van der Waals surface area contributed by atoms with Crippen LogP contribution in [0.4, 0.5) is 5.69 Å². The van der Waals surface area contributed by atoms with Gasteiger partial charge in [-0.1, -0.05) is 78.9 Å². The molecule has 2 heterocycles. The predicted octanol–water partition coefficient (Wildman–Crippen LogP) is 2.88. The quantitative estimate of drug-likeness (QED) is 0.570. The highest BCUT2D eigenvalue weighted by Crippen LogP contribution is 2.29. The van der Waals surface area contributed by atoms with Gasteiger partial charge in [0.25, 0.3) is 0 Å². The van der Waals surface area contributed by atoms with Crippen LogP contribution in [0.15, 0.2) is 91.0 Å². The maximum absolute atomic E-state index is 14.0. The third-order valence-corrected chi connectivity index (χ3v) is 7.25. The minimum absolute atomic E-state index is 0.0147. The molecule has 7 nitrogen and oxygen atoms in total. The highest BCUT2D eigenvalue weighted by Gasteiger charge is 2.39. The molecule has 2 saturated heterocycles. The highest BCUT2D eigenvalue weighted by atomic mass is 16.2. The first kappa shape index (κ1) is 24.6. The maximum Gasteiger partial charge on any atom is 0.243 e. The molecular weight excluding hydrogens is 464 g/mol. The van der Waals surface area contributed by atoms with E-state index in [9.17, 15) is 14.4 Å². The Morgan fingerprint density at radius 1 is 0.757 bits per heavy atom. The molecule has 190 valence electrons. The largest absolute Gasteiger partial charge is 0.368 e. The number of para-hydroxylation sites is 1. The van der Waals surface area contributed by atoms with Crippen LogP contribution in [0.25, 0.3) is 0 Å². The van der Waals surface area contributed by atoms with E-state index in [0.29, 0.717) is 26.2 Å². The van der Waals surface area contributed by atoms with Crippen LogP contribution in [0.5, 0.6) is 0 Å². The van der Waals surface area contributed by atoms with Gasteiger partial charge in [0.05, 0.1) is 12.3 Å². The van der Waals surface area contributed by atoms with E-state index in [1.165, 1.54) is 0 Å². The molecule has 3 aromatic rings. The Morgan fingerprint density at radius 3 is 1.86 bits per heavy atom. The van der Waals surface area contributed by atoms with Gasteiger partial charge in [0.2, 0.25) is 17.7 Å². The molecule has 0 saturated carbocycles. The SMILES string of the molecule is O=C1NCCN(C(=O)C(c2ccccc2)c2ccccc2)[C@H]1CC(=O)N1CCN(c2ccccc2)CC1. The molecule has 0 aliphatic carbocycles. The number of carbonyl (C=O) groups is 3. The normalized spacial score (nSPS) is 18.0. The van der Waals surface area contributed by atoms with Gasteiger partial charge in [-0.25, -0.2) is 0 Å². The lowest BCUT2D eigenvalue weighted by atomic mass is 9.89. The molecule has 1 N–H and O–H groups in total. The van der Waals surface area contributed by atoms with Crippen molar-refractivity contribution in [2.24, 2.45) is 0 Å². The van der Waals surface area contributed by atoms with Crippen molar-refractivity contribution >= 4 is 23.4 Å². The Balaban J connectivity index is 1.31. The van der Waals surface area contributed by atoms with Gasteiger partial charge in [0.15, 0.2) is 0 Å².